The number of para-hydroxylation sites is 2. The summed E-state index contributed by atoms with van der Waals surface area (Å²) >= 11 is 13.7. The van der Waals surface area contributed by atoms with E-state index in [1.807, 2.05) is 77.4 Å². The van der Waals surface area contributed by atoms with Crippen LogP contribution in [-0.2, 0) is 11.4 Å². The lowest BCUT2D eigenvalue weighted by atomic mass is 10.1. The number of halogens is 2. The largest absolute Gasteiger partial charge is 0.320 e. The molecule has 0 saturated heterocycles. The van der Waals surface area contributed by atoms with Crippen LogP contribution in [0, 0.1) is 0 Å². The standard InChI is InChI=1S/C33H21Cl2N5O3S/c34-21-12-9-20(10-13-21)11-15-27-30(38-33-37-26-16-14-22(35)19-29(26)44-33)39(28-8-4-3-7-25(28)36-27)17-18-43-40-31(41)23-5-1-2-6-24(23)32(40)42/h1-16,19H,17-18H2/b15-11+,38-30+. The Bertz CT molecular complexity index is 2160. The summed E-state index contributed by atoms with van der Waals surface area (Å²) in [4.78, 5) is 46.2. The molecule has 1 aliphatic heterocycles. The molecular formula is C33H21Cl2N5O3S. The van der Waals surface area contributed by atoms with Crippen molar-refractivity contribution in [2.24, 2.45) is 4.99 Å². The summed E-state index contributed by atoms with van der Waals surface area (Å²) in [6, 6.07) is 27.3. The van der Waals surface area contributed by atoms with Crippen LogP contribution in [0.15, 0.2) is 96.0 Å². The van der Waals surface area contributed by atoms with Gasteiger partial charge in [-0.2, -0.15) is 4.99 Å². The van der Waals surface area contributed by atoms with Gasteiger partial charge in [-0.3, -0.25) is 14.4 Å². The van der Waals surface area contributed by atoms with Crippen LogP contribution in [0.4, 0.5) is 5.13 Å². The molecule has 0 radical (unpaired) electrons. The van der Waals surface area contributed by atoms with E-state index in [2.05, 4.69) is 0 Å². The Kier molecular flexibility index (Phi) is 7.53. The van der Waals surface area contributed by atoms with Gasteiger partial charge in [0.2, 0.25) is 5.13 Å². The fourth-order valence-electron chi connectivity index (χ4n) is 4.96. The molecule has 0 fully saturated rings. The molecule has 6 aromatic rings. The molecule has 7 rings (SSSR count). The number of carbonyl (C=O) groups excluding carboxylic acids is 2. The van der Waals surface area contributed by atoms with Gasteiger partial charge in [0, 0.05) is 10.0 Å². The van der Waals surface area contributed by atoms with Crippen molar-refractivity contribution >= 4 is 84.9 Å². The van der Waals surface area contributed by atoms with Gasteiger partial charge in [-0.05, 0) is 66.2 Å². The van der Waals surface area contributed by atoms with E-state index < -0.39 is 11.8 Å². The average molecular weight is 639 g/mol. The lowest BCUT2D eigenvalue weighted by Crippen LogP contribution is -2.33. The highest BCUT2D eigenvalue weighted by Crippen LogP contribution is 2.30. The lowest BCUT2D eigenvalue weighted by Gasteiger charge is -2.17. The van der Waals surface area contributed by atoms with E-state index in [9.17, 15) is 9.59 Å². The quantitative estimate of drug-likeness (QED) is 0.168. The van der Waals surface area contributed by atoms with E-state index in [0.717, 1.165) is 31.9 Å². The van der Waals surface area contributed by atoms with Crippen LogP contribution in [0.2, 0.25) is 10.0 Å². The second kappa shape index (κ2) is 11.8. The fraction of sp³-hybridized carbons (Fsp3) is 0.0606. The summed E-state index contributed by atoms with van der Waals surface area (Å²) in [5.74, 6) is -0.973. The maximum Gasteiger partial charge on any atom is 0.285 e. The van der Waals surface area contributed by atoms with Crippen molar-refractivity contribution in [1.29, 1.82) is 0 Å². The third kappa shape index (κ3) is 5.42. The smallest absolute Gasteiger partial charge is 0.285 e. The summed E-state index contributed by atoms with van der Waals surface area (Å²) in [7, 11) is 0. The van der Waals surface area contributed by atoms with Crippen molar-refractivity contribution in [1.82, 2.24) is 19.6 Å². The van der Waals surface area contributed by atoms with Crippen LogP contribution < -0.4 is 5.49 Å². The molecule has 1 aliphatic rings. The summed E-state index contributed by atoms with van der Waals surface area (Å²) < 4.78 is 2.87. The molecule has 0 saturated carbocycles. The number of nitrogens with zero attached hydrogens (tertiary/aromatic N) is 5. The van der Waals surface area contributed by atoms with Crippen LogP contribution in [0.25, 0.3) is 33.4 Å². The zero-order chi connectivity index (χ0) is 30.2. The summed E-state index contributed by atoms with van der Waals surface area (Å²) in [5, 5.41) is 2.61. The molecule has 0 spiro atoms. The van der Waals surface area contributed by atoms with Gasteiger partial charge in [0.15, 0.2) is 5.49 Å². The Morgan fingerprint density at radius 3 is 2.27 bits per heavy atom. The number of fused-ring (bicyclic) bond motifs is 3. The highest BCUT2D eigenvalue weighted by Gasteiger charge is 2.36. The topological polar surface area (TPSA) is 89.7 Å². The van der Waals surface area contributed by atoms with Gasteiger partial charge in [-0.15, -0.1) is 5.06 Å². The first-order valence-corrected chi connectivity index (χ1v) is 15.2. The van der Waals surface area contributed by atoms with E-state index in [1.165, 1.54) is 11.3 Å². The molecule has 4 aromatic carbocycles. The minimum Gasteiger partial charge on any atom is -0.320 e. The van der Waals surface area contributed by atoms with Crippen LogP contribution in [0.5, 0.6) is 0 Å². The van der Waals surface area contributed by atoms with Gasteiger partial charge >= 0.3 is 0 Å². The highest BCUT2D eigenvalue weighted by atomic mass is 35.5. The van der Waals surface area contributed by atoms with Crippen molar-refractivity contribution in [2.45, 2.75) is 6.54 Å². The number of thiazole rings is 1. The number of amides is 2. The van der Waals surface area contributed by atoms with Crippen LogP contribution in [-0.4, -0.2) is 38.0 Å². The minimum atomic E-state index is -0.486. The molecule has 0 bridgehead atoms. The van der Waals surface area contributed by atoms with Crippen molar-refractivity contribution in [3.05, 3.63) is 129 Å². The van der Waals surface area contributed by atoms with Crippen LogP contribution in [0.3, 0.4) is 0 Å². The summed E-state index contributed by atoms with van der Waals surface area (Å²) in [6.45, 7) is 0.274. The predicted octanol–water partition coefficient (Wildman–Crippen LogP) is 7.58. The number of aromatic nitrogens is 3. The van der Waals surface area contributed by atoms with Gasteiger partial charge in [0.1, 0.15) is 5.69 Å². The minimum absolute atomic E-state index is 0.0163. The Morgan fingerprint density at radius 1 is 0.795 bits per heavy atom. The Labute approximate surface area is 265 Å². The highest BCUT2D eigenvalue weighted by molar-refractivity contribution is 7.22. The maximum absolute atomic E-state index is 12.9. The zero-order valence-electron chi connectivity index (χ0n) is 22.9. The number of imide groups is 1. The Balaban J connectivity index is 1.32. The SMILES string of the molecule is O=C1c2ccccc2C(=O)N1OCCn1/c(=N/c2nc3ccc(Cl)cc3s2)c(/C=C/c2ccc(Cl)cc2)nc2ccccc21. The van der Waals surface area contributed by atoms with Gasteiger partial charge < -0.3 is 4.57 Å². The molecule has 2 amide bonds. The molecule has 3 heterocycles. The van der Waals surface area contributed by atoms with Gasteiger partial charge in [0.25, 0.3) is 11.8 Å². The molecule has 0 aliphatic carbocycles. The third-order valence-corrected chi connectivity index (χ3v) is 8.43. The van der Waals surface area contributed by atoms with Gasteiger partial charge in [0.05, 0.1) is 45.5 Å². The van der Waals surface area contributed by atoms with Gasteiger partial charge in [-0.1, -0.05) is 77.0 Å². The molecule has 216 valence electrons. The number of hydrogen-bond acceptors (Lipinski definition) is 7. The van der Waals surface area contributed by atoms with E-state index in [0.29, 0.717) is 37.5 Å². The van der Waals surface area contributed by atoms with Crippen LogP contribution in [0.1, 0.15) is 32.0 Å². The average Bonchev–Trinajstić information content (AvgIpc) is 3.54. The summed E-state index contributed by atoms with van der Waals surface area (Å²) in [6.07, 6.45) is 3.82. The fourth-order valence-corrected chi connectivity index (χ4v) is 6.20. The van der Waals surface area contributed by atoms with Crippen molar-refractivity contribution in [2.75, 3.05) is 6.61 Å². The molecule has 44 heavy (non-hydrogen) atoms. The van der Waals surface area contributed by atoms with Crippen molar-refractivity contribution in [3.8, 4) is 0 Å². The van der Waals surface area contributed by atoms with Gasteiger partial charge in [-0.25, -0.2) is 9.97 Å². The first kappa shape index (κ1) is 28.1. The van der Waals surface area contributed by atoms with E-state index in [-0.39, 0.29) is 13.2 Å². The number of hydrogen-bond donors (Lipinski definition) is 0. The number of hydroxylamine groups is 2. The monoisotopic (exact) mass is 637 g/mol. The molecule has 0 unspecified atom stereocenters. The first-order valence-electron chi connectivity index (χ1n) is 13.6. The Hall–Kier alpha value is -4.67. The van der Waals surface area contributed by atoms with E-state index in [4.69, 9.17) is 43.0 Å². The zero-order valence-corrected chi connectivity index (χ0v) is 25.2. The first-order chi connectivity index (χ1) is 21.4. The van der Waals surface area contributed by atoms with E-state index in [1.54, 1.807) is 30.3 Å². The normalized spacial score (nSPS) is 13.6. The molecular weight excluding hydrogens is 617 g/mol. The number of carbonyl (C=O) groups is 2. The lowest BCUT2D eigenvalue weighted by molar-refractivity contribution is -0.0935. The van der Waals surface area contributed by atoms with Crippen LogP contribution >= 0.6 is 34.5 Å². The third-order valence-electron chi connectivity index (χ3n) is 7.03. The maximum atomic E-state index is 12.9. The Morgan fingerprint density at radius 2 is 1.50 bits per heavy atom. The van der Waals surface area contributed by atoms with E-state index >= 15 is 0 Å². The van der Waals surface area contributed by atoms with Crippen molar-refractivity contribution in [3.63, 3.8) is 0 Å². The number of benzene rings is 4. The summed E-state index contributed by atoms with van der Waals surface area (Å²) in [5.41, 5.74) is 5.02. The predicted molar refractivity (Wildman–Crippen MR) is 173 cm³/mol. The molecule has 0 N–H and O–H groups in total. The number of rotatable bonds is 7. The van der Waals surface area contributed by atoms with Crippen molar-refractivity contribution < 1.29 is 14.4 Å². The second-order valence-electron chi connectivity index (χ2n) is 9.85. The molecule has 8 nitrogen and oxygen atoms in total. The second-order valence-corrected chi connectivity index (χ2v) is 11.7. The molecule has 11 heteroatoms. The molecule has 2 aromatic heterocycles. The molecule has 0 atom stereocenters.